The fourth-order valence-corrected chi connectivity index (χ4v) is 5.79. The van der Waals surface area contributed by atoms with Gasteiger partial charge in [0.05, 0.1) is 10.9 Å². The van der Waals surface area contributed by atoms with E-state index in [0.717, 1.165) is 6.42 Å². The molecule has 0 saturated carbocycles. The summed E-state index contributed by atoms with van der Waals surface area (Å²) in [6.07, 6.45) is 1.13. The van der Waals surface area contributed by atoms with E-state index in [4.69, 9.17) is 0 Å². The van der Waals surface area contributed by atoms with Crippen LogP contribution in [-0.4, -0.2) is 0 Å². The van der Waals surface area contributed by atoms with Crippen LogP contribution in [0.3, 0.4) is 0 Å². The van der Waals surface area contributed by atoms with Crippen LogP contribution >= 0.6 is 7.81 Å². The van der Waals surface area contributed by atoms with E-state index >= 15 is 0 Å². The van der Waals surface area contributed by atoms with Gasteiger partial charge in [0.2, 0.25) is 0 Å². The Morgan fingerprint density at radius 2 is 0.946 bits per heavy atom. The summed E-state index contributed by atoms with van der Waals surface area (Å²) in [4.78, 5) is 4.09. The van der Waals surface area contributed by atoms with Gasteiger partial charge in [-0.25, -0.2) is 0 Å². The van der Waals surface area contributed by atoms with Crippen LogP contribution in [0.25, 0.3) is 11.1 Å². The molecule has 1 unspecified atom stereocenters. The summed E-state index contributed by atoms with van der Waals surface area (Å²) in [5, 5.41) is 0. The fourth-order valence-electron chi connectivity index (χ4n) is 3.73. The van der Waals surface area contributed by atoms with Gasteiger partial charge in [0.25, 0.3) is 0 Å². The van der Waals surface area contributed by atoms with Crippen molar-refractivity contribution in [1.29, 1.82) is 0 Å². The van der Waals surface area contributed by atoms with Gasteiger partial charge in [0.1, 0.15) is 0 Å². The summed E-state index contributed by atoms with van der Waals surface area (Å²) in [6, 6.07) is 38.0. The van der Waals surface area contributed by atoms with E-state index in [1.807, 2.05) is 0 Å². The van der Waals surface area contributed by atoms with E-state index in [2.05, 4.69) is 124 Å². The van der Waals surface area contributed by atoms with Crippen molar-refractivity contribution < 1.29 is 25.2 Å². The maximum absolute atomic E-state index is 10.7. The molecule has 4 rings (SSSR count). The quantitative estimate of drug-likeness (QED) is 0.126. The summed E-state index contributed by atoms with van der Waals surface area (Å²) < 4.78 is 59.2. The molecule has 0 nitrogen and oxygen atoms in total. The topological polar surface area (TPSA) is 0 Å². The average molecular weight is 555 g/mol. The SMILES string of the molecule is Cc1ccc(-c2ccc([S+](c3ccccc3)c3ccc(CC(C)C)cc3)cc2)cc1.F[P-](F)(F)(F)(F)F. The molecule has 0 heterocycles. The molecule has 0 aromatic heterocycles. The van der Waals surface area contributed by atoms with Crippen molar-refractivity contribution in [3.8, 4) is 11.1 Å². The first-order valence-corrected chi connectivity index (χ1v) is 14.9. The predicted molar refractivity (Wildman–Crippen MR) is 144 cm³/mol. The van der Waals surface area contributed by atoms with Crippen molar-refractivity contribution >= 4 is 18.7 Å². The van der Waals surface area contributed by atoms with Crippen molar-refractivity contribution in [2.75, 3.05) is 0 Å². The van der Waals surface area contributed by atoms with Gasteiger partial charge in [-0.1, -0.05) is 74.0 Å². The van der Waals surface area contributed by atoms with Crippen LogP contribution in [0.1, 0.15) is 25.0 Å². The van der Waals surface area contributed by atoms with Gasteiger partial charge in [-0.2, -0.15) is 0 Å². The Balaban J connectivity index is 0.000000479. The Bertz CT molecular complexity index is 1270. The molecule has 4 aromatic carbocycles. The van der Waals surface area contributed by atoms with Crippen LogP contribution in [0.5, 0.6) is 0 Å². The Morgan fingerprint density at radius 3 is 1.38 bits per heavy atom. The first kappa shape index (κ1) is 28.8. The van der Waals surface area contributed by atoms with Crippen molar-refractivity contribution in [3.05, 3.63) is 114 Å². The fraction of sp³-hybridized carbons (Fsp3) is 0.172. The summed E-state index contributed by atoms with van der Waals surface area (Å²) in [5.74, 6) is 0.678. The second-order valence-corrected chi connectivity index (χ2v) is 13.2. The molecule has 0 aliphatic carbocycles. The maximum atomic E-state index is 9.87. The molecule has 0 N–H and O–H groups in total. The zero-order chi connectivity index (χ0) is 27.3. The van der Waals surface area contributed by atoms with E-state index in [1.165, 1.54) is 36.9 Å². The molecule has 0 spiro atoms. The molecule has 0 aliphatic heterocycles. The van der Waals surface area contributed by atoms with Gasteiger partial charge in [-0.3, -0.25) is 0 Å². The molecular formula is C29H29F6PS. The Hall–Kier alpha value is -2.76. The summed E-state index contributed by atoms with van der Waals surface area (Å²) in [5.41, 5.74) is 5.24. The Morgan fingerprint density at radius 1 is 0.568 bits per heavy atom. The number of hydrogen-bond acceptors (Lipinski definition) is 0. The van der Waals surface area contributed by atoms with E-state index in [9.17, 15) is 25.2 Å². The van der Waals surface area contributed by atoms with Crippen molar-refractivity contribution in [3.63, 3.8) is 0 Å². The first-order chi connectivity index (χ1) is 17.0. The second kappa shape index (κ2) is 10.5. The van der Waals surface area contributed by atoms with Crippen molar-refractivity contribution in [2.45, 2.75) is 41.9 Å². The van der Waals surface area contributed by atoms with Crippen LogP contribution in [0.15, 0.2) is 118 Å². The van der Waals surface area contributed by atoms with Gasteiger partial charge >= 0.3 is 33.0 Å². The van der Waals surface area contributed by atoms with Crippen LogP contribution < -0.4 is 0 Å². The van der Waals surface area contributed by atoms with Crippen molar-refractivity contribution in [1.82, 2.24) is 0 Å². The van der Waals surface area contributed by atoms with Crippen LogP contribution in [0, 0.1) is 12.8 Å². The van der Waals surface area contributed by atoms with E-state index in [-0.39, 0.29) is 10.9 Å². The second-order valence-electron chi connectivity index (χ2n) is 9.21. The Kier molecular flexibility index (Phi) is 8.21. The zero-order valence-corrected chi connectivity index (χ0v) is 22.4. The van der Waals surface area contributed by atoms with Crippen LogP contribution in [-0.2, 0) is 17.3 Å². The van der Waals surface area contributed by atoms with E-state index in [1.54, 1.807) is 0 Å². The summed E-state index contributed by atoms with van der Waals surface area (Å²) >= 11 is 0. The first-order valence-electron chi connectivity index (χ1n) is 11.7. The molecule has 0 amide bonds. The van der Waals surface area contributed by atoms with Gasteiger partial charge < -0.3 is 0 Å². The predicted octanol–water partition coefficient (Wildman–Crippen LogP) is 11.3. The molecule has 4 aromatic rings. The van der Waals surface area contributed by atoms with Crippen LogP contribution in [0.2, 0.25) is 0 Å². The van der Waals surface area contributed by atoms with Gasteiger partial charge in [-0.05, 0) is 84.5 Å². The molecule has 198 valence electrons. The number of rotatable bonds is 6. The average Bonchev–Trinajstić information content (AvgIpc) is 2.80. The van der Waals surface area contributed by atoms with Crippen LogP contribution in [0.4, 0.5) is 25.2 Å². The van der Waals surface area contributed by atoms with E-state index in [0.29, 0.717) is 5.92 Å². The molecule has 1 atom stereocenters. The van der Waals surface area contributed by atoms with Gasteiger partial charge in [-0.15, -0.1) is 0 Å². The van der Waals surface area contributed by atoms with Gasteiger partial charge in [0.15, 0.2) is 14.7 Å². The van der Waals surface area contributed by atoms with E-state index < -0.39 is 7.81 Å². The molecule has 0 radical (unpaired) electrons. The summed E-state index contributed by atoms with van der Waals surface area (Å²) in [6.45, 7) is 6.68. The standard InChI is InChI=1S/C29H29S.F6P/c1-22(2)21-24-11-17-28(18-12-24)30(27-7-5-4-6-8-27)29-19-15-26(16-20-29)25-13-9-23(3)10-14-25;1-7(2,3,4,5)6/h4-20,22H,21H2,1-3H3;/q+1;-1. The number of benzene rings is 4. The molecule has 8 heteroatoms. The minimum atomic E-state index is -10.7. The zero-order valence-electron chi connectivity index (χ0n) is 20.7. The Labute approximate surface area is 217 Å². The third-order valence-electron chi connectivity index (χ3n) is 5.26. The monoisotopic (exact) mass is 554 g/mol. The normalized spacial score (nSPS) is 14.2. The third-order valence-corrected chi connectivity index (χ3v) is 7.49. The van der Waals surface area contributed by atoms with Gasteiger partial charge in [0, 0.05) is 0 Å². The number of halogens is 6. The van der Waals surface area contributed by atoms with Crippen molar-refractivity contribution in [2.24, 2.45) is 5.92 Å². The molecule has 37 heavy (non-hydrogen) atoms. The molecule has 0 bridgehead atoms. The molecule has 0 aliphatic rings. The summed E-state index contributed by atoms with van der Waals surface area (Å²) in [7, 11) is -10.8. The minimum absolute atomic E-state index is 0.104. The number of aryl methyl sites for hydroxylation is 1. The molecule has 0 fully saturated rings. The molecular weight excluding hydrogens is 525 g/mol. The third kappa shape index (κ3) is 10.6. The number of hydrogen-bond donors (Lipinski definition) is 0. The molecule has 0 saturated heterocycles.